The van der Waals surface area contributed by atoms with E-state index in [-0.39, 0.29) is 11.9 Å². The van der Waals surface area contributed by atoms with Gasteiger partial charge in [-0.05, 0) is 60.9 Å². The first-order valence-electron chi connectivity index (χ1n) is 11.7. The van der Waals surface area contributed by atoms with Crippen molar-refractivity contribution in [1.29, 1.82) is 0 Å². The molecule has 0 bridgehead atoms. The number of hydrogen-bond acceptors (Lipinski definition) is 7. The van der Waals surface area contributed by atoms with Gasteiger partial charge in [0.05, 0.1) is 24.8 Å². The molecule has 35 heavy (non-hydrogen) atoms. The van der Waals surface area contributed by atoms with Crippen molar-refractivity contribution in [2.75, 3.05) is 25.2 Å². The standard InChI is InChI=1S/C26H25N5O3S/c1-33-19-8-6-17(7-9-19)20-14-23(24-5-4-12-34-24)31(29-20)26-28-22(16-35-26)18-13-21(27-15-18)25(32)30-10-2-3-11-30/h4-9,12-13,15-16,23,27H,2-3,10-11,14H2,1H3. The number of furan rings is 1. The maximum absolute atomic E-state index is 12.7. The Balaban J connectivity index is 1.28. The molecule has 1 saturated heterocycles. The molecule has 1 fully saturated rings. The highest BCUT2D eigenvalue weighted by molar-refractivity contribution is 7.14. The van der Waals surface area contributed by atoms with Gasteiger partial charge in [0.1, 0.15) is 23.2 Å². The number of H-pyrrole nitrogens is 1. The molecule has 2 aliphatic heterocycles. The molecule has 0 spiro atoms. The number of likely N-dealkylation sites (tertiary alicyclic amines) is 1. The van der Waals surface area contributed by atoms with Gasteiger partial charge in [-0.15, -0.1) is 11.3 Å². The van der Waals surface area contributed by atoms with Crippen molar-refractivity contribution in [1.82, 2.24) is 14.9 Å². The minimum absolute atomic E-state index is 0.0513. The van der Waals surface area contributed by atoms with Crippen LogP contribution in [0.4, 0.5) is 5.13 Å². The fraction of sp³-hybridized carbons (Fsp3) is 0.269. The lowest BCUT2D eigenvalue weighted by Crippen LogP contribution is -2.27. The summed E-state index contributed by atoms with van der Waals surface area (Å²) in [4.78, 5) is 22.6. The Morgan fingerprint density at radius 1 is 1.17 bits per heavy atom. The number of carbonyl (C=O) groups excluding carboxylic acids is 1. The zero-order chi connectivity index (χ0) is 23.8. The number of hydrazone groups is 1. The Bertz CT molecular complexity index is 1350. The van der Waals surface area contributed by atoms with E-state index in [9.17, 15) is 4.79 Å². The van der Waals surface area contributed by atoms with Gasteiger partial charge in [-0.1, -0.05) is 0 Å². The van der Waals surface area contributed by atoms with Crippen LogP contribution in [0.5, 0.6) is 5.75 Å². The van der Waals surface area contributed by atoms with Crippen molar-refractivity contribution < 1.29 is 13.9 Å². The number of benzene rings is 1. The maximum atomic E-state index is 12.7. The lowest BCUT2D eigenvalue weighted by atomic mass is 10.0. The second-order valence-electron chi connectivity index (χ2n) is 8.67. The van der Waals surface area contributed by atoms with E-state index in [2.05, 4.69) is 4.98 Å². The molecule has 4 aromatic rings. The second kappa shape index (κ2) is 9.07. The Hall–Kier alpha value is -3.85. The summed E-state index contributed by atoms with van der Waals surface area (Å²) >= 11 is 1.53. The molecule has 0 saturated carbocycles. The van der Waals surface area contributed by atoms with Gasteiger partial charge >= 0.3 is 0 Å². The predicted octanol–water partition coefficient (Wildman–Crippen LogP) is 5.33. The van der Waals surface area contributed by atoms with Crippen LogP contribution in [0, 0.1) is 0 Å². The third kappa shape index (κ3) is 4.12. The summed E-state index contributed by atoms with van der Waals surface area (Å²) in [6.45, 7) is 1.65. The molecule has 1 N–H and O–H groups in total. The Kier molecular flexibility index (Phi) is 5.61. The summed E-state index contributed by atoms with van der Waals surface area (Å²) in [5.74, 6) is 1.70. The van der Waals surface area contributed by atoms with Gasteiger partial charge in [0.25, 0.3) is 5.91 Å². The molecular weight excluding hydrogens is 462 g/mol. The van der Waals surface area contributed by atoms with Crippen LogP contribution in [0.1, 0.15) is 47.1 Å². The van der Waals surface area contributed by atoms with Gasteiger partial charge in [0.15, 0.2) is 0 Å². The number of aromatic amines is 1. The van der Waals surface area contributed by atoms with Crippen molar-refractivity contribution in [3.8, 4) is 17.0 Å². The van der Waals surface area contributed by atoms with Crippen LogP contribution >= 0.6 is 11.3 Å². The van der Waals surface area contributed by atoms with Gasteiger partial charge in [0.2, 0.25) is 5.13 Å². The molecule has 1 amide bonds. The van der Waals surface area contributed by atoms with Gasteiger partial charge in [-0.3, -0.25) is 4.79 Å². The highest BCUT2D eigenvalue weighted by Crippen LogP contribution is 2.39. The number of methoxy groups -OCH3 is 1. The van der Waals surface area contributed by atoms with Crippen LogP contribution < -0.4 is 9.75 Å². The number of amides is 1. The normalized spacial score (nSPS) is 17.7. The van der Waals surface area contributed by atoms with E-state index in [1.807, 2.05) is 64.0 Å². The van der Waals surface area contributed by atoms with Gasteiger partial charge < -0.3 is 19.0 Å². The van der Waals surface area contributed by atoms with Gasteiger partial charge in [-0.2, -0.15) is 5.10 Å². The lowest BCUT2D eigenvalue weighted by Gasteiger charge is -2.18. The van der Waals surface area contributed by atoms with Crippen molar-refractivity contribution >= 4 is 28.1 Å². The molecule has 0 radical (unpaired) electrons. The minimum Gasteiger partial charge on any atom is -0.497 e. The van der Waals surface area contributed by atoms with E-state index in [1.165, 1.54) is 11.3 Å². The van der Waals surface area contributed by atoms with E-state index in [0.717, 1.165) is 65.1 Å². The van der Waals surface area contributed by atoms with Crippen LogP contribution in [0.2, 0.25) is 0 Å². The zero-order valence-corrected chi connectivity index (χ0v) is 20.1. The molecule has 5 heterocycles. The summed E-state index contributed by atoms with van der Waals surface area (Å²) in [5, 5.41) is 9.66. The minimum atomic E-state index is -0.0837. The summed E-state index contributed by atoms with van der Waals surface area (Å²) in [5.41, 5.74) is 4.31. The first kappa shape index (κ1) is 21.7. The quantitative estimate of drug-likeness (QED) is 0.397. The molecule has 1 atom stereocenters. The largest absolute Gasteiger partial charge is 0.497 e. The molecule has 178 valence electrons. The Morgan fingerprint density at radius 2 is 2.00 bits per heavy atom. The molecule has 9 heteroatoms. The first-order valence-corrected chi connectivity index (χ1v) is 12.6. The van der Waals surface area contributed by atoms with E-state index >= 15 is 0 Å². The van der Waals surface area contributed by atoms with Crippen LogP contribution in [-0.2, 0) is 0 Å². The second-order valence-corrected chi connectivity index (χ2v) is 9.51. The average Bonchev–Trinajstić information content (AvgIpc) is 3.71. The number of aromatic nitrogens is 2. The van der Waals surface area contributed by atoms with Crippen molar-refractivity contribution in [2.24, 2.45) is 5.10 Å². The molecule has 1 unspecified atom stereocenters. The molecule has 6 rings (SSSR count). The van der Waals surface area contributed by atoms with Crippen LogP contribution in [0.3, 0.4) is 0 Å². The summed E-state index contributed by atoms with van der Waals surface area (Å²) in [6, 6.07) is 13.6. The molecule has 1 aromatic carbocycles. The Labute approximate surface area is 206 Å². The average molecular weight is 488 g/mol. The molecular formula is C26H25N5O3S. The molecule has 8 nitrogen and oxygen atoms in total. The van der Waals surface area contributed by atoms with Gasteiger partial charge in [0, 0.05) is 36.7 Å². The molecule has 0 aliphatic carbocycles. The summed E-state index contributed by atoms with van der Waals surface area (Å²) < 4.78 is 11.0. The van der Waals surface area contributed by atoms with E-state index < -0.39 is 0 Å². The zero-order valence-electron chi connectivity index (χ0n) is 19.3. The van der Waals surface area contributed by atoms with Crippen molar-refractivity contribution in [3.05, 3.63) is 77.3 Å². The number of hydrogen-bond donors (Lipinski definition) is 1. The maximum Gasteiger partial charge on any atom is 0.270 e. The number of nitrogens with one attached hydrogen (secondary N) is 1. The number of nitrogens with zero attached hydrogens (tertiary/aromatic N) is 4. The molecule has 2 aliphatic rings. The van der Waals surface area contributed by atoms with E-state index in [0.29, 0.717) is 12.1 Å². The van der Waals surface area contributed by atoms with Crippen LogP contribution in [0.25, 0.3) is 11.3 Å². The summed E-state index contributed by atoms with van der Waals surface area (Å²) in [7, 11) is 1.66. The summed E-state index contributed by atoms with van der Waals surface area (Å²) in [6.07, 6.45) is 6.38. The fourth-order valence-electron chi connectivity index (χ4n) is 4.61. The SMILES string of the molecule is COc1ccc(C2=NN(c3nc(-c4c[nH]c(C(=O)N5CCCC5)c4)cs3)C(c3ccco3)C2)cc1. The topological polar surface area (TPSA) is 87.0 Å². The lowest BCUT2D eigenvalue weighted by molar-refractivity contribution is 0.0787. The van der Waals surface area contributed by atoms with Crippen LogP contribution in [-0.4, -0.2) is 46.7 Å². The monoisotopic (exact) mass is 487 g/mol. The number of ether oxygens (including phenoxy) is 1. The number of carbonyl (C=O) groups is 1. The third-order valence-electron chi connectivity index (χ3n) is 6.50. The van der Waals surface area contributed by atoms with Crippen molar-refractivity contribution in [2.45, 2.75) is 25.3 Å². The smallest absolute Gasteiger partial charge is 0.270 e. The van der Waals surface area contributed by atoms with E-state index in [1.54, 1.807) is 13.4 Å². The molecule has 3 aromatic heterocycles. The predicted molar refractivity (Wildman–Crippen MR) is 135 cm³/mol. The highest BCUT2D eigenvalue weighted by Gasteiger charge is 2.33. The number of anilines is 1. The van der Waals surface area contributed by atoms with Crippen molar-refractivity contribution in [3.63, 3.8) is 0 Å². The van der Waals surface area contributed by atoms with E-state index in [4.69, 9.17) is 19.2 Å². The number of rotatable bonds is 6. The van der Waals surface area contributed by atoms with Crippen LogP contribution in [0.15, 0.2) is 69.8 Å². The highest BCUT2D eigenvalue weighted by atomic mass is 32.1. The number of thiazole rings is 1. The first-order chi connectivity index (χ1) is 17.2. The fourth-order valence-corrected chi connectivity index (χ4v) is 5.44. The Morgan fingerprint density at radius 3 is 2.74 bits per heavy atom. The third-order valence-corrected chi connectivity index (χ3v) is 7.33. The van der Waals surface area contributed by atoms with Gasteiger partial charge in [-0.25, -0.2) is 9.99 Å².